The van der Waals surface area contributed by atoms with Gasteiger partial charge in [-0.1, -0.05) is 69.9 Å². The molecule has 3 aromatic carbocycles. The molecule has 0 bridgehead atoms. The molecule has 500 valence electrons. The van der Waals surface area contributed by atoms with Gasteiger partial charge >= 0.3 is 12.1 Å². The van der Waals surface area contributed by atoms with E-state index in [2.05, 4.69) is 72.9 Å². The van der Waals surface area contributed by atoms with Gasteiger partial charge in [0.2, 0.25) is 20.0 Å². The van der Waals surface area contributed by atoms with Crippen LogP contribution in [0.5, 0.6) is 5.75 Å². The average Bonchev–Trinajstić information content (AvgIpc) is 1.59. The summed E-state index contributed by atoms with van der Waals surface area (Å²) in [5, 5.41) is 13.4. The van der Waals surface area contributed by atoms with E-state index in [4.69, 9.17) is 38.9 Å². The molecule has 0 aliphatic carbocycles. The van der Waals surface area contributed by atoms with Crippen molar-refractivity contribution in [3.8, 4) is 5.75 Å². The van der Waals surface area contributed by atoms with E-state index in [9.17, 15) is 36.0 Å². The highest BCUT2D eigenvalue weighted by atomic mass is 32.2. The number of nitrogen functional groups attached to an aromatic ring is 1. The summed E-state index contributed by atoms with van der Waals surface area (Å²) in [6, 6.07) is 20.2. The van der Waals surface area contributed by atoms with E-state index in [0.29, 0.717) is 54.4 Å². The van der Waals surface area contributed by atoms with Gasteiger partial charge < -0.3 is 54.8 Å². The molecule has 4 aliphatic rings. The smallest absolute Gasteiger partial charge is 0.410 e. The lowest BCUT2D eigenvalue weighted by molar-refractivity contribution is -0.198. The Hall–Kier alpha value is -8.38. The van der Waals surface area contributed by atoms with Crippen LogP contribution in [-0.2, 0) is 58.1 Å². The number of urea groups is 1. The number of sulfonamides is 2. The van der Waals surface area contributed by atoms with Crippen molar-refractivity contribution in [2.45, 2.75) is 164 Å². The van der Waals surface area contributed by atoms with Gasteiger partial charge in [0.05, 0.1) is 22.4 Å². The normalized spacial score (nSPS) is 21.7. The lowest BCUT2D eigenvalue weighted by Crippen LogP contribution is -2.42. The molecule has 4 fully saturated rings. The van der Waals surface area contributed by atoms with Gasteiger partial charge in [0, 0.05) is 37.6 Å². The van der Waals surface area contributed by atoms with Gasteiger partial charge in [0.15, 0.2) is 70.2 Å². The highest BCUT2D eigenvalue weighted by Gasteiger charge is 2.60. The minimum Gasteiger partial charge on any atom is -0.410 e. The van der Waals surface area contributed by atoms with E-state index in [1.807, 2.05) is 26.8 Å². The largest absolute Gasteiger partial charge is 0.418 e. The van der Waals surface area contributed by atoms with Crippen LogP contribution in [0.1, 0.15) is 106 Å². The maximum absolute atomic E-state index is 12.9. The quantitative estimate of drug-likeness (QED) is 0.0276. The van der Waals surface area contributed by atoms with E-state index in [0.717, 1.165) is 38.5 Å². The Morgan fingerprint density at radius 1 is 0.559 bits per heavy atom. The number of para-hydroxylation sites is 1. The number of nitrogens with zero attached hydrogens (tertiary/aromatic N) is 8. The molecule has 4 unspecified atom stereocenters. The predicted octanol–water partition coefficient (Wildman–Crippen LogP) is 6.22. The van der Waals surface area contributed by atoms with Crippen molar-refractivity contribution in [3.05, 3.63) is 104 Å². The lowest BCUT2D eigenvalue weighted by Gasteiger charge is -2.24. The van der Waals surface area contributed by atoms with Gasteiger partial charge in [0.1, 0.15) is 42.8 Å². The number of ether oxygens (including phenoxy) is 7. The summed E-state index contributed by atoms with van der Waals surface area (Å²) in [4.78, 5) is 76.6. The van der Waals surface area contributed by atoms with Crippen molar-refractivity contribution >= 4 is 89.3 Å². The molecule has 4 saturated heterocycles. The number of imidazole rings is 2. The molecule has 0 saturated carbocycles. The van der Waals surface area contributed by atoms with Crippen molar-refractivity contribution < 1.29 is 69.2 Å². The number of rotatable bonds is 22. The number of benzene rings is 3. The summed E-state index contributed by atoms with van der Waals surface area (Å²) in [6.07, 6.45) is 4.64. The molecular formula is C60H78N16O15S2. The van der Waals surface area contributed by atoms with Crippen LogP contribution in [0.4, 0.5) is 32.6 Å². The first kappa shape index (κ1) is 69.0. The van der Waals surface area contributed by atoms with E-state index in [1.54, 1.807) is 91.4 Å². The van der Waals surface area contributed by atoms with Crippen molar-refractivity contribution in [3.63, 3.8) is 0 Å². The summed E-state index contributed by atoms with van der Waals surface area (Å²) in [7, 11) is -7.12. The van der Waals surface area contributed by atoms with E-state index in [-0.39, 0.29) is 44.4 Å². The first-order valence-electron chi connectivity index (χ1n) is 30.4. The zero-order valence-electron chi connectivity index (χ0n) is 52.6. The standard InChI is InChI=1S/C27H36N8O7S.C22H24N6O6.C11H18N2O2S/c1-5-7-8-12-32-43(38,39)17-11-9-10-16(13-17)33-26(37)34-22-18-23(30-14-29-22)35(15-31-18)25-21-19(41-27(3,4)42-21)20(40-25)24(36)28-6-2;1-4-23-19(29)15-14-16(34-22(2,3)33-14)20(32-15)28-11-26-13-17(24-10-25-18(13)28)27-21(30)31-12-8-6-5-7-9-12;1-2-3-4-8-13-16(14,15)11-7-5-6-10(12)9-11/h9-11,13-15,19-21,25,32H,5-8,12H2,1-4H3,(H,28,36)(H2,29,30,33,34,37);5-11,14-16,20H,4H2,1-3H3,(H,23,29)(H,24,25,27,30);5-7,9,13H,2-4,8,12H2,1H3/t19?,20-,21?,25+;14?,15-,16?,20+;/m00./s1. The molecule has 8 heterocycles. The molecule has 8 atom stereocenters. The van der Waals surface area contributed by atoms with Gasteiger partial charge in [-0.05, 0) is 103 Å². The van der Waals surface area contributed by atoms with Gasteiger partial charge in [-0.2, -0.15) is 0 Å². The molecular weight excluding hydrogens is 1250 g/mol. The number of nitrogens with two attached hydrogens (primary N) is 1. The summed E-state index contributed by atoms with van der Waals surface area (Å²) in [5.74, 6) is -1.75. The second-order valence-electron chi connectivity index (χ2n) is 22.6. The molecule has 0 radical (unpaired) electrons. The number of hydrogen-bond donors (Lipinski definition) is 8. The van der Waals surface area contributed by atoms with Crippen molar-refractivity contribution in [2.24, 2.45) is 0 Å². The SMILES string of the molecule is CCCCCNS(=O)(=O)c1cccc(N)c1.CCCCCNS(=O)(=O)c1cccc(NC(=O)Nc2ncnc3c2ncn3[C@@H]2O[C@H](C(=O)NCC)C3OC(C)(C)OC32)c1.CCNC(=O)[C@H]1O[C@@H](n2cnc3c(NC(=O)Oc4ccccc4)ncnc32)C2OC(C)(C)OC21. The molecule has 31 nitrogen and oxygen atoms in total. The number of carbonyl (C=O) groups is 4. The fourth-order valence-electron chi connectivity index (χ4n) is 10.6. The summed E-state index contributed by atoms with van der Waals surface area (Å²) >= 11 is 0. The minimum atomic E-state index is -3.73. The molecule has 93 heavy (non-hydrogen) atoms. The van der Waals surface area contributed by atoms with Gasteiger partial charge in [-0.3, -0.25) is 29.4 Å². The highest BCUT2D eigenvalue weighted by molar-refractivity contribution is 7.89. The third-order valence-corrected chi connectivity index (χ3v) is 17.6. The second kappa shape index (κ2) is 30.1. The Balaban J connectivity index is 0.000000181. The highest BCUT2D eigenvalue weighted by Crippen LogP contribution is 2.46. The number of aromatic nitrogens is 8. The number of likely N-dealkylation sites (N-methyl/N-ethyl adjacent to an activating group) is 2. The number of anilines is 4. The minimum absolute atomic E-state index is 0.0343. The molecule has 9 N–H and O–H groups in total. The third-order valence-electron chi connectivity index (χ3n) is 14.7. The number of amides is 5. The van der Waals surface area contributed by atoms with Gasteiger partial charge in [-0.15, -0.1) is 0 Å². The van der Waals surface area contributed by atoms with Crippen LogP contribution >= 0.6 is 0 Å². The molecule has 5 amide bonds. The third kappa shape index (κ3) is 16.9. The number of unbranched alkanes of at least 4 members (excludes halogenated alkanes) is 4. The number of fused-ring (bicyclic) bond motifs is 4. The van der Waals surface area contributed by atoms with Crippen LogP contribution in [0.3, 0.4) is 0 Å². The van der Waals surface area contributed by atoms with E-state index in [1.165, 1.54) is 43.5 Å². The van der Waals surface area contributed by atoms with Crippen molar-refractivity contribution in [1.82, 2.24) is 59.1 Å². The monoisotopic (exact) mass is 1330 g/mol. The van der Waals surface area contributed by atoms with Crippen LogP contribution in [0, 0.1) is 0 Å². The van der Waals surface area contributed by atoms with E-state index >= 15 is 0 Å². The topological polar surface area (TPSA) is 399 Å². The zero-order chi connectivity index (χ0) is 66.7. The summed E-state index contributed by atoms with van der Waals surface area (Å²) < 4.78 is 98.9. The molecule has 0 spiro atoms. The maximum atomic E-state index is 12.9. The summed E-state index contributed by atoms with van der Waals surface area (Å²) in [6.45, 7) is 16.6. The number of carbonyl (C=O) groups excluding carboxylic acids is 4. The first-order valence-corrected chi connectivity index (χ1v) is 33.4. The number of nitrogens with one attached hydrogen (secondary N) is 7. The fourth-order valence-corrected chi connectivity index (χ4v) is 12.8. The Morgan fingerprint density at radius 2 is 1.03 bits per heavy atom. The summed E-state index contributed by atoms with van der Waals surface area (Å²) in [5.41, 5.74) is 7.58. The molecule has 4 aliphatic heterocycles. The van der Waals surface area contributed by atoms with Crippen molar-refractivity contribution in [2.75, 3.05) is 47.9 Å². The zero-order valence-corrected chi connectivity index (χ0v) is 54.2. The Kier molecular flexibility index (Phi) is 22.4. The first-order chi connectivity index (χ1) is 44.4. The fraction of sp³-hybridized carbons (Fsp3) is 0.467. The van der Waals surface area contributed by atoms with Crippen molar-refractivity contribution in [1.29, 1.82) is 0 Å². The van der Waals surface area contributed by atoms with Crippen LogP contribution < -0.4 is 46.5 Å². The Bertz CT molecular complexity index is 3990. The molecule has 7 aromatic rings. The molecule has 33 heteroatoms. The maximum Gasteiger partial charge on any atom is 0.418 e. The Morgan fingerprint density at radius 3 is 1.52 bits per heavy atom. The molecule has 11 rings (SSSR count). The van der Waals surface area contributed by atoms with Gasteiger partial charge in [0.25, 0.3) is 11.8 Å². The second-order valence-corrected chi connectivity index (χ2v) is 26.2. The van der Waals surface area contributed by atoms with E-state index < -0.39 is 92.8 Å². The van der Waals surface area contributed by atoms with Gasteiger partial charge in [-0.25, -0.2) is 65.8 Å². The number of hydrogen-bond acceptors (Lipinski definition) is 22. The lowest BCUT2D eigenvalue weighted by atomic mass is 10.1. The van der Waals surface area contributed by atoms with Crippen LogP contribution in [0.25, 0.3) is 22.3 Å². The average molecular weight is 1330 g/mol. The predicted molar refractivity (Wildman–Crippen MR) is 339 cm³/mol. The van der Waals surface area contributed by atoms with Crippen LogP contribution in [0.2, 0.25) is 0 Å². The van der Waals surface area contributed by atoms with Crippen LogP contribution in [0.15, 0.2) is 114 Å². The Labute approximate surface area is 537 Å². The molecule has 4 aromatic heterocycles. The van der Waals surface area contributed by atoms with Crippen LogP contribution in [-0.4, -0.2) is 154 Å².